The number of carbonyl (C=O) groups is 3. The van der Waals surface area contributed by atoms with E-state index in [9.17, 15) is 14.4 Å². The monoisotopic (exact) mass is 621 g/mol. The van der Waals surface area contributed by atoms with Crippen LogP contribution in [0.25, 0.3) is 0 Å². The van der Waals surface area contributed by atoms with Gasteiger partial charge in [0.1, 0.15) is 0 Å². The van der Waals surface area contributed by atoms with E-state index in [4.69, 9.17) is 4.74 Å². The number of alkyl halides is 2. The molecule has 188 valence electrons. The van der Waals surface area contributed by atoms with E-state index in [0.29, 0.717) is 6.61 Å². The van der Waals surface area contributed by atoms with Gasteiger partial charge in [-0.1, -0.05) is 112 Å². The smallest absolute Gasteiger partial charge is 0.340 e. The second-order valence-corrected chi connectivity index (χ2v) is 12.3. The summed E-state index contributed by atoms with van der Waals surface area (Å²) >= 11 is 8.03. The molecule has 2 bridgehead atoms. The molecule has 1 heterocycles. The lowest BCUT2D eigenvalue weighted by molar-refractivity contribution is -0.122. The van der Waals surface area contributed by atoms with E-state index in [-0.39, 0.29) is 23.1 Å². The molecule has 3 aromatic carbocycles. The van der Waals surface area contributed by atoms with E-state index in [1.165, 1.54) is 4.90 Å². The van der Waals surface area contributed by atoms with Crippen LogP contribution in [-0.2, 0) is 23.0 Å². The molecule has 0 spiro atoms. The zero-order valence-electron chi connectivity index (χ0n) is 20.2. The van der Waals surface area contributed by atoms with Crippen molar-refractivity contribution in [2.24, 2.45) is 11.8 Å². The standard InChI is InChI=1S/C30H25Br2NO4/c1-2-3-10-17-37-28(36)18-11-4-9-16-23(18)33-26(34)24-25(27(33)35)30(32)20-13-6-5-12-19(20)29(24,31)21-14-7-8-15-22(21)30/h4-9,11-16,24-25H,2-3,10,17H2,1H3/t24-,25+,29?,30?. The van der Waals surface area contributed by atoms with Crippen LogP contribution in [-0.4, -0.2) is 24.4 Å². The Hall–Kier alpha value is -2.77. The molecule has 0 unspecified atom stereocenters. The van der Waals surface area contributed by atoms with Gasteiger partial charge in [-0.05, 0) is 40.8 Å². The largest absolute Gasteiger partial charge is 0.462 e. The molecule has 1 aliphatic heterocycles. The molecule has 2 atom stereocenters. The van der Waals surface area contributed by atoms with Crippen LogP contribution in [0, 0.1) is 11.8 Å². The summed E-state index contributed by atoms with van der Waals surface area (Å²) in [7, 11) is 0. The predicted octanol–water partition coefficient (Wildman–Crippen LogP) is 6.44. The third-order valence-electron chi connectivity index (χ3n) is 7.93. The molecular formula is C30H25Br2NO4. The molecule has 5 nitrogen and oxygen atoms in total. The van der Waals surface area contributed by atoms with E-state index in [2.05, 4.69) is 38.8 Å². The van der Waals surface area contributed by atoms with Crippen molar-refractivity contribution < 1.29 is 19.1 Å². The van der Waals surface area contributed by atoms with E-state index in [1.807, 2.05) is 48.5 Å². The second-order valence-electron chi connectivity index (χ2n) is 9.84. The molecule has 1 saturated heterocycles. The fourth-order valence-electron chi connectivity index (χ4n) is 6.34. The Labute approximate surface area is 232 Å². The van der Waals surface area contributed by atoms with Gasteiger partial charge in [0, 0.05) is 0 Å². The molecule has 3 aromatic rings. The topological polar surface area (TPSA) is 63.7 Å². The maximum atomic E-state index is 14.3. The number of amides is 2. The summed E-state index contributed by atoms with van der Waals surface area (Å²) in [6, 6.07) is 22.6. The van der Waals surface area contributed by atoms with Crippen LogP contribution < -0.4 is 4.90 Å². The highest BCUT2D eigenvalue weighted by atomic mass is 79.9. The quantitative estimate of drug-likeness (QED) is 0.137. The molecule has 0 radical (unpaired) electrons. The number of halogens is 2. The third kappa shape index (κ3) is 3.23. The van der Waals surface area contributed by atoms with Crippen LogP contribution in [0.5, 0.6) is 0 Å². The first-order chi connectivity index (χ1) is 17.9. The summed E-state index contributed by atoms with van der Waals surface area (Å²) in [4.78, 5) is 42.8. The summed E-state index contributed by atoms with van der Waals surface area (Å²) < 4.78 is 3.75. The molecule has 0 saturated carbocycles. The normalized spacial score (nSPS) is 27.1. The number of benzene rings is 3. The number of carbonyl (C=O) groups excluding carboxylic acids is 3. The highest BCUT2D eigenvalue weighted by Crippen LogP contribution is 2.70. The molecule has 2 amide bonds. The number of hydrogen-bond acceptors (Lipinski definition) is 4. The van der Waals surface area contributed by atoms with Crippen molar-refractivity contribution in [1.82, 2.24) is 0 Å². The SMILES string of the molecule is CCCCCOC(=O)c1ccccc1N1C(=O)[C@@H]2[C@H](C1=O)C1(Br)c3ccccc3C2(Br)c2ccccc21. The van der Waals surface area contributed by atoms with Crippen LogP contribution >= 0.6 is 31.9 Å². The van der Waals surface area contributed by atoms with Gasteiger partial charge in [-0.2, -0.15) is 0 Å². The second kappa shape index (κ2) is 8.91. The number of anilines is 1. The average molecular weight is 623 g/mol. The molecular weight excluding hydrogens is 598 g/mol. The Morgan fingerprint density at radius 3 is 1.73 bits per heavy atom. The minimum Gasteiger partial charge on any atom is -0.462 e. The van der Waals surface area contributed by atoms with Gasteiger partial charge in [0.2, 0.25) is 11.8 Å². The highest BCUT2D eigenvalue weighted by molar-refractivity contribution is 9.10. The van der Waals surface area contributed by atoms with Gasteiger partial charge in [0.05, 0.1) is 38.3 Å². The van der Waals surface area contributed by atoms with Crippen LogP contribution in [0.3, 0.4) is 0 Å². The van der Waals surface area contributed by atoms with Crippen molar-refractivity contribution >= 4 is 55.3 Å². The first-order valence-corrected chi connectivity index (χ1v) is 14.2. The molecule has 0 N–H and O–H groups in total. The fraction of sp³-hybridized carbons (Fsp3) is 0.300. The lowest BCUT2D eigenvalue weighted by Gasteiger charge is -2.55. The Bertz CT molecular complexity index is 1330. The number of unbranched alkanes of at least 4 members (excludes halogenated alkanes) is 2. The Kier molecular flexibility index (Phi) is 5.92. The summed E-state index contributed by atoms with van der Waals surface area (Å²) in [5, 5.41) is 0. The van der Waals surface area contributed by atoms with Gasteiger partial charge in [0.25, 0.3) is 0 Å². The molecule has 7 rings (SSSR count). The average Bonchev–Trinajstić information content (AvgIpc) is 3.20. The molecule has 1 fully saturated rings. The number of esters is 1. The highest BCUT2D eigenvalue weighted by Gasteiger charge is 2.72. The van der Waals surface area contributed by atoms with Crippen molar-refractivity contribution in [2.45, 2.75) is 34.8 Å². The summed E-state index contributed by atoms with van der Waals surface area (Å²) in [5.41, 5.74) is 4.37. The van der Waals surface area contributed by atoms with Gasteiger partial charge in [-0.15, -0.1) is 0 Å². The fourth-order valence-corrected chi connectivity index (χ4v) is 8.64. The lowest BCUT2D eigenvalue weighted by Crippen LogP contribution is -2.56. The number of para-hydroxylation sites is 1. The minimum atomic E-state index is -0.878. The summed E-state index contributed by atoms with van der Waals surface area (Å²) in [5.74, 6) is -2.58. The van der Waals surface area contributed by atoms with Gasteiger partial charge >= 0.3 is 5.97 Å². The number of rotatable bonds is 6. The Morgan fingerprint density at radius 2 is 1.24 bits per heavy atom. The number of imide groups is 1. The zero-order valence-corrected chi connectivity index (χ0v) is 23.4. The van der Waals surface area contributed by atoms with E-state index in [1.54, 1.807) is 24.3 Å². The van der Waals surface area contributed by atoms with Crippen molar-refractivity contribution in [3.05, 3.63) is 101 Å². The van der Waals surface area contributed by atoms with E-state index in [0.717, 1.165) is 41.5 Å². The van der Waals surface area contributed by atoms with Crippen LogP contribution in [0.1, 0.15) is 58.8 Å². The minimum absolute atomic E-state index is 0.217. The van der Waals surface area contributed by atoms with Crippen LogP contribution in [0.4, 0.5) is 5.69 Å². The molecule has 3 aliphatic carbocycles. The van der Waals surface area contributed by atoms with Gasteiger partial charge in [-0.3, -0.25) is 9.59 Å². The summed E-state index contributed by atoms with van der Waals surface area (Å²) in [6.07, 6.45) is 2.75. The molecule has 0 aromatic heterocycles. The molecule has 4 aliphatic rings. The van der Waals surface area contributed by atoms with Crippen LogP contribution in [0.2, 0.25) is 0 Å². The Morgan fingerprint density at radius 1 is 0.784 bits per heavy atom. The van der Waals surface area contributed by atoms with Crippen molar-refractivity contribution in [3.63, 3.8) is 0 Å². The molecule has 7 heteroatoms. The van der Waals surface area contributed by atoms with Gasteiger partial charge < -0.3 is 4.74 Å². The van der Waals surface area contributed by atoms with Gasteiger partial charge in [0.15, 0.2) is 0 Å². The van der Waals surface area contributed by atoms with Gasteiger partial charge in [-0.25, -0.2) is 9.69 Å². The number of nitrogens with zero attached hydrogens (tertiary/aromatic N) is 1. The number of ether oxygens (including phenoxy) is 1. The van der Waals surface area contributed by atoms with Crippen molar-refractivity contribution in [3.8, 4) is 0 Å². The van der Waals surface area contributed by atoms with Crippen LogP contribution in [0.15, 0.2) is 72.8 Å². The third-order valence-corrected chi connectivity index (χ3v) is 10.6. The first kappa shape index (κ1) is 24.6. The molecule has 37 heavy (non-hydrogen) atoms. The predicted molar refractivity (Wildman–Crippen MR) is 148 cm³/mol. The van der Waals surface area contributed by atoms with Crippen molar-refractivity contribution in [2.75, 3.05) is 11.5 Å². The number of hydrogen-bond donors (Lipinski definition) is 0. The van der Waals surface area contributed by atoms with Crippen molar-refractivity contribution in [1.29, 1.82) is 0 Å². The zero-order chi connectivity index (χ0) is 25.9. The summed E-state index contributed by atoms with van der Waals surface area (Å²) in [6.45, 7) is 2.38. The maximum absolute atomic E-state index is 14.3. The van der Waals surface area contributed by atoms with E-state index >= 15 is 0 Å². The lowest BCUT2D eigenvalue weighted by atomic mass is 9.54. The van der Waals surface area contributed by atoms with E-state index < -0.39 is 26.5 Å². The first-order valence-electron chi connectivity index (χ1n) is 12.6. The Balaban J connectivity index is 1.48. The maximum Gasteiger partial charge on any atom is 0.340 e.